The Hall–Kier alpha value is -3.30. The molecule has 6 nitrogen and oxygen atoms in total. The number of phenols is 1. The molecule has 0 unspecified atom stereocenters. The normalized spacial score (nSPS) is 10.4. The number of nitriles is 1. The van der Waals surface area contributed by atoms with Gasteiger partial charge in [-0.25, -0.2) is 0 Å². The molecular formula is C19H16N2O4. The van der Waals surface area contributed by atoms with Gasteiger partial charge in [0.1, 0.15) is 35.7 Å². The Morgan fingerprint density at radius 1 is 1.12 bits per heavy atom. The van der Waals surface area contributed by atoms with E-state index < -0.39 is 0 Å². The summed E-state index contributed by atoms with van der Waals surface area (Å²) in [6.45, 7) is 0.771. The molecule has 1 heterocycles. The summed E-state index contributed by atoms with van der Waals surface area (Å²) in [5.41, 5.74) is 1.03. The van der Waals surface area contributed by atoms with Crippen molar-refractivity contribution in [3.05, 3.63) is 54.2 Å². The Morgan fingerprint density at radius 3 is 2.76 bits per heavy atom. The molecule has 0 saturated heterocycles. The fraction of sp³-hybridized carbons (Fsp3) is 0.158. The van der Waals surface area contributed by atoms with Crippen LogP contribution < -0.4 is 9.47 Å². The van der Waals surface area contributed by atoms with E-state index in [4.69, 9.17) is 14.2 Å². The molecule has 126 valence electrons. The van der Waals surface area contributed by atoms with Gasteiger partial charge in [0.15, 0.2) is 0 Å². The monoisotopic (exact) mass is 336 g/mol. The zero-order valence-corrected chi connectivity index (χ0v) is 13.6. The second kappa shape index (κ2) is 7.51. The lowest BCUT2D eigenvalue weighted by atomic mass is 10.1. The van der Waals surface area contributed by atoms with Crippen molar-refractivity contribution in [3.8, 4) is 29.1 Å². The Morgan fingerprint density at radius 2 is 2.00 bits per heavy atom. The molecule has 0 radical (unpaired) electrons. The van der Waals surface area contributed by atoms with Crippen molar-refractivity contribution in [2.45, 2.75) is 0 Å². The first-order valence-electron chi connectivity index (χ1n) is 7.63. The minimum absolute atomic E-state index is 0.113. The highest BCUT2D eigenvalue weighted by Crippen LogP contribution is 2.33. The first-order valence-corrected chi connectivity index (χ1v) is 7.63. The standard InChI is InChI=1S/C19H16N2O4/c1-23-7-8-24-19-11-17-16(9-13(19)12-20)18(5-6-21-17)25-15-4-2-3-14(22)10-15/h2-6,9-11,22H,7-8H2,1H3. The highest BCUT2D eigenvalue weighted by molar-refractivity contribution is 5.88. The number of pyridine rings is 1. The molecule has 25 heavy (non-hydrogen) atoms. The lowest BCUT2D eigenvalue weighted by Gasteiger charge is -2.12. The van der Waals surface area contributed by atoms with Gasteiger partial charge in [-0.3, -0.25) is 4.98 Å². The number of ether oxygens (including phenoxy) is 3. The van der Waals surface area contributed by atoms with Crippen molar-refractivity contribution in [1.82, 2.24) is 4.98 Å². The number of aromatic hydroxyl groups is 1. The largest absolute Gasteiger partial charge is 0.508 e. The number of fused-ring (bicyclic) bond motifs is 1. The number of benzene rings is 2. The molecule has 6 heteroatoms. The third kappa shape index (κ3) is 3.79. The fourth-order valence-corrected chi connectivity index (χ4v) is 2.35. The summed E-state index contributed by atoms with van der Waals surface area (Å²) >= 11 is 0. The van der Waals surface area contributed by atoms with Crippen molar-refractivity contribution < 1.29 is 19.3 Å². The van der Waals surface area contributed by atoms with Crippen LogP contribution in [0, 0.1) is 11.3 Å². The van der Waals surface area contributed by atoms with Crippen LogP contribution in [-0.2, 0) is 4.74 Å². The summed E-state index contributed by atoms with van der Waals surface area (Å²) in [6, 6.07) is 13.7. The predicted molar refractivity (Wildman–Crippen MR) is 92.0 cm³/mol. The maximum Gasteiger partial charge on any atom is 0.139 e. The Kier molecular flexibility index (Phi) is 4.97. The van der Waals surface area contributed by atoms with E-state index in [1.807, 2.05) is 0 Å². The van der Waals surface area contributed by atoms with Gasteiger partial charge < -0.3 is 19.3 Å². The summed E-state index contributed by atoms with van der Waals surface area (Å²) in [4.78, 5) is 4.32. The zero-order valence-electron chi connectivity index (χ0n) is 13.6. The minimum Gasteiger partial charge on any atom is -0.508 e. The van der Waals surface area contributed by atoms with E-state index >= 15 is 0 Å². The van der Waals surface area contributed by atoms with Crippen LogP contribution in [-0.4, -0.2) is 30.4 Å². The summed E-state index contributed by atoms with van der Waals surface area (Å²) in [7, 11) is 1.58. The summed E-state index contributed by atoms with van der Waals surface area (Å²) < 4.78 is 16.4. The van der Waals surface area contributed by atoms with Crippen LogP contribution in [0.2, 0.25) is 0 Å². The maximum atomic E-state index is 9.56. The molecule has 2 aromatic carbocycles. The lowest BCUT2D eigenvalue weighted by Crippen LogP contribution is -2.05. The van der Waals surface area contributed by atoms with E-state index in [9.17, 15) is 10.4 Å². The van der Waals surface area contributed by atoms with E-state index in [-0.39, 0.29) is 5.75 Å². The second-order valence-electron chi connectivity index (χ2n) is 5.23. The van der Waals surface area contributed by atoms with Gasteiger partial charge in [-0.15, -0.1) is 0 Å². The predicted octanol–water partition coefficient (Wildman–Crippen LogP) is 3.63. The number of hydrogen-bond acceptors (Lipinski definition) is 6. The van der Waals surface area contributed by atoms with Crippen molar-refractivity contribution in [2.75, 3.05) is 20.3 Å². The summed E-state index contributed by atoms with van der Waals surface area (Å²) in [5.74, 6) is 1.60. The molecule has 1 N–H and O–H groups in total. The molecule has 0 saturated carbocycles. The van der Waals surface area contributed by atoms with Crippen molar-refractivity contribution >= 4 is 10.9 Å². The van der Waals surface area contributed by atoms with Gasteiger partial charge in [0.25, 0.3) is 0 Å². The van der Waals surface area contributed by atoms with Gasteiger partial charge >= 0.3 is 0 Å². The van der Waals surface area contributed by atoms with Crippen LogP contribution in [0.15, 0.2) is 48.7 Å². The second-order valence-corrected chi connectivity index (χ2v) is 5.23. The number of phenolic OH excluding ortho intramolecular Hbond substituents is 1. The van der Waals surface area contributed by atoms with Crippen molar-refractivity contribution in [3.63, 3.8) is 0 Å². The quantitative estimate of drug-likeness (QED) is 0.692. The lowest BCUT2D eigenvalue weighted by molar-refractivity contribution is 0.146. The van der Waals surface area contributed by atoms with Gasteiger partial charge in [0, 0.05) is 30.8 Å². The summed E-state index contributed by atoms with van der Waals surface area (Å²) in [6.07, 6.45) is 1.62. The van der Waals surface area contributed by atoms with Crippen LogP contribution >= 0.6 is 0 Å². The Bertz CT molecular complexity index is 934. The molecule has 0 atom stereocenters. The highest BCUT2D eigenvalue weighted by atomic mass is 16.5. The summed E-state index contributed by atoms with van der Waals surface area (Å²) in [5, 5.41) is 19.6. The highest BCUT2D eigenvalue weighted by Gasteiger charge is 2.11. The molecule has 0 bridgehead atoms. The van der Waals surface area contributed by atoms with Crippen LogP contribution in [0.1, 0.15) is 5.56 Å². The van der Waals surface area contributed by atoms with E-state index in [1.165, 1.54) is 6.07 Å². The molecule has 0 spiro atoms. The van der Waals surface area contributed by atoms with Gasteiger partial charge in [-0.2, -0.15) is 5.26 Å². The molecule has 3 aromatic rings. The van der Waals surface area contributed by atoms with Gasteiger partial charge in [-0.05, 0) is 24.3 Å². The Labute approximate surface area is 144 Å². The van der Waals surface area contributed by atoms with E-state index in [2.05, 4.69) is 11.1 Å². The number of rotatable bonds is 6. The molecule has 1 aromatic heterocycles. The number of aromatic nitrogens is 1. The van der Waals surface area contributed by atoms with Crippen LogP contribution in [0.5, 0.6) is 23.0 Å². The van der Waals surface area contributed by atoms with Gasteiger partial charge in [0.2, 0.25) is 0 Å². The number of hydrogen-bond donors (Lipinski definition) is 1. The number of nitrogens with zero attached hydrogens (tertiary/aromatic N) is 2. The molecular weight excluding hydrogens is 320 g/mol. The smallest absolute Gasteiger partial charge is 0.139 e. The first-order chi connectivity index (χ1) is 12.2. The van der Waals surface area contributed by atoms with E-state index in [1.54, 1.807) is 49.7 Å². The van der Waals surface area contributed by atoms with Crippen molar-refractivity contribution in [1.29, 1.82) is 5.26 Å². The van der Waals surface area contributed by atoms with Gasteiger partial charge in [0.05, 0.1) is 17.7 Å². The first kappa shape index (κ1) is 16.6. The van der Waals surface area contributed by atoms with Gasteiger partial charge in [-0.1, -0.05) is 6.07 Å². The number of methoxy groups -OCH3 is 1. The van der Waals surface area contributed by atoms with Crippen LogP contribution in [0.25, 0.3) is 10.9 Å². The molecule has 0 aliphatic heterocycles. The average molecular weight is 336 g/mol. The Balaban J connectivity index is 1.99. The molecule has 0 fully saturated rings. The topological polar surface area (TPSA) is 84.6 Å². The van der Waals surface area contributed by atoms with E-state index in [0.717, 1.165) is 0 Å². The molecule has 0 aliphatic carbocycles. The zero-order chi connectivity index (χ0) is 17.6. The van der Waals surface area contributed by atoms with Crippen molar-refractivity contribution in [2.24, 2.45) is 0 Å². The van der Waals surface area contributed by atoms with E-state index in [0.29, 0.717) is 46.9 Å². The third-order valence-corrected chi connectivity index (χ3v) is 3.51. The third-order valence-electron chi connectivity index (χ3n) is 3.51. The van der Waals surface area contributed by atoms with Crippen LogP contribution in [0.4, 0.5) is 0 Å². The molecule has 3 rings (SSSR count). The molecule has 0 amide bonds. The molecule has 0 aliphatic rings. The SMILES string of the molecule is COCCOc1cc2nccc(Oc3cccc(O)c3)c2cc1C#N. The average Bonchev–Trinajstić information content (AvgIpc) is 2.61. The minimum atomic E-state index is 0.113. The van der Waals surface area contributed by atoms with Crippen LogP contribution in [0.3, 0.4) is 0 Å². The fourth-order valence-electron chi connectivity index (χ4n) is 2.35. The maximum absolute atomic E-state index is 9.56.